The van der Waals surface area contributed by atoms with Crippen molar-refractivity contribution in [2.45, 2.75) is 26.3 Å². The summed E-state index contributed by atoms with van der Waals surface area (Å²) in [6.07, 6.45) is 4.02. The molecule has 0 aromatic carbocycles. The van der Waals surface area contributed by atoms with Gasteiger partial charge in [0.1, 0.15) is 11.3 Å². The fourth-order valence-corrected chi connectivity index (χ4v) is 2.98. The van der Waals surface area contributed by atoms with Crippen molar-refractivity contribution in [1.82, 2.24) is 14.5 Å². The van der Waals surface area contributed by atoms with Crippen LogP contribution in [0, 0.1) is 12.8 Å². The van der Waals surface area contributed by atoms with Gasteiger partial charge in [0, 0.05) is 12.7 Å². The Bertz CT molecular complexity index is 538. The summed E-state index contributed by atoms with van der Waals surface area (Å²) in [7, 11) is 0. The highest BCUT2D eigenvalue weighted by Crippen LogP contribution is 2.19. The fourth-order valence-electron chi connectivity index (χ4n) is 2.10. The summed E-state index contributed by atoms with van der Waals surface area (Å²) in [4.78, 5) is 9.06. The van der Waals surface area contributed by atoms with E-state index < -0.39 is 0 Å². The molecule has 0 aliphatic rings. The maximum Gasteiger partial charge on any atom is 0.160 e. The van der Waals surface area contributed by atoms with Crippen molar-refractivity contribution in [2.75, 3.05) is 12.0 Å². The second-order valence-corrected chi connectivity index (χ2v) is 5.87. The van der Waals surface area contributed by atoms with E-state index in [0.29, 0.717) is 11.8 Å². The first-order valence-corrected chi connectivity index (χ1v) is 7.95. The van der Waals surface area contributed by atoms with Gasteiger partial charge in [0.25, 0.3) is 0 Å². The Morgan fingerprint density at radius 2 is 2.28 bits per heavy atom. The van der Waals surface area contributed by atoms with Crippen molar-refractivity contribution in [2.24, 2.45) is 5.92 Å². The number of aryl methyl sites for hydroxylation is 1. The Labute approximate surface area is 117 Å². The van der Waals surface area contributed by atoms with Gasteiger partial charge in [-0.3, -0.25) is 0 Å². The molecule has 0 spiro atoms. The number of alkyl halides is 1. The van der Waals surface area contributed by atoms with Crippen LogP contribution in [0.3, 0.4) is 0 Å². The molecule has 0 amide bonds. The molecule has 2 rings (SSSR count). The van der Waals surface area contributed by atoms with Crippen LogP contribution in [0.4, 0.5) is 0 Å². The van der Waals surface area contributed by atoms with Crippen LogP contribution in [0.2, 0.25) is 0 Å². The third-order valence-electron chi connectivity index (χ3n) is 2.87. The summed E-state index contributed by atoms with van der Waals surface area (Å²) in [6, 6.07) is 2.06. The maximum absolute atomic E-state index is 5.99. The normalized spacial score (nSPS) is 13.1. The van der Waals surface area contributed by atoms with Gasteiger partial charge < -0.3 is 4.57 Å². The largest absolute Gasteiger partial charge is 0.311 e. The van der Waals surface area contributed by atoms with E-state index in [-0.39, 0.29) is 0 Å². The minimum Gasteiger partial charge on any atom is -0.311 e. The van der Waals surface area contributed by atoms with Gasteiger partial charge in [0.2, 0.25) is 0 Å². The number of aromatic nitrogens is 3. The topological polar surface area (TPSA) is 30.7 Å². The van der Waals surface area contributed by atoms with Crippen LogP contribution in [-0.4, -0.2) is 26.5 Å². The zero-order chi connectivity index (χ0) is 13.1. The Balaban J connectivity index is 2.40. The first-order chi connectivity index (χ1) is 8.65. The van der Waals surface area contributed by atoms with Crippen LogP contribution >= 0.6 is 23.4 Å². The van der Waals surface area contributed by atoms with Crippen molar-refractivity contribution >= 4 is 34.5 Å². The molecule has 2 aromatic heterocycles. The second kappa shape index (κ2) is 5.93. The summed E-state index contributed by atoms with van der Waals surface area (Å²) < 4.78 is 2.16. The van der Waals surface area contributed by atoms with Gasteiger partial charge in [-0.15, -0.1) is 11.6 Å². The highest BCUT2D eigenvalue weighted by atomic mass is 35.5. The molecule has 0 bridgehead atoms. The van der Waals surface area contributed by atoms with Crippen LogP contribution in [-0.2, 0) is 12.4 Å². The lowest BCUT2D eigenvalue weighted by molar-refractivity contribution is 0.528. The Morgan fingerprint density at radius 1 is 1.50 bits per heavy atom. The molecular formula is C13H18ClN3S. The lowest BCUT2D eigenvalue weighted by Crippen LogP contribution is -2.12. The lowest BCUT2D eigenvalue weighted by Gasteiger charge is -2.13. The number of imidazole rings is 1. The number of halogens is 1. The molecule has 1 unspecified atom stereocenters. The molecule has 18 heavy (non-hydrogen) atoms. The van der Waals surface area contributed by atoms with E-state index in [9.17, 15) is 0 Å². The van der Waals surface area contributed by atoms with E-state index in [2.05, 4.69) is 33.8 Å². The standard InChI is InChI=1S/C13H18ClN3S/c1-9-4-11-13(15-6-9)17(12(5-14)16-11)7-10(2)8-18-3/h4,6,10H,5,7-8H2,1-3H3. The molecule has 0 aliphatic heterocycles. The molecule has 2 aromatic rings. The predicted octanol–water partition coefficient (Wildman–Crippen LogP) is 3.48. The van der Waals surface area contributed by atoms with Crippen molar-refractivity contribution < 1.29 is 0 Å². The molecule has 3 nitrogen and oxygen atoms in total. The van der Waals surface area contributed by atoms with Crippen molar-refractivity contribution in [1.29, 1.82) is 0 Å². The maximum atomic E-state index is 5.99. The average molecular weight is 284 g/mol. The van der Waals surface area contributed by atoms with Crippen LogP contribution < -0.4 is 0 Å². The number of thioether (sulfide) groups is 1. The summed E-state index contributed by atoms with van der Waals surface area (Å²) in [5.41, 5.74) is 3.02. The molecule has 98 valence electrons. The number of hydrogen-bond acceptors (Lipinski definition) is 3. The fraction of sp³-hybridized carbons (Fsp3) is 0.538. The highest BCUT2D eigenvalue weighted by Gasteiger charge is 2.13. The SMILES string of the molecule is CSCC(C)Cn1c(CCl)nc2cc(C)cnc21. The van der Waals surface area contributed by atoms with Crippen molar-refractivity contribution in [3.05, 3.63) is 23.7 Å². The van der Waals surface area contributed by atoms with E-state index in [0.717, 1.165) is 34.8 Å². The van der Waals surface area contributed by atoms with E-state index >= 15 is 0 Å². The van der Waals surface area contributed by atoms with Gasteiger partial charge in [0.15, 0.2) is 5.65 Å². The number of rotatable bonds is 5. The van der Waals surface area contributed by atoms with Gasteiger partial charge in [-0.1, -0.05) is 6.92 Å². The van der Waals surface area contributed by atoms with E-state index in [1.54, 1.807) is 0 Å². The minimum atomic E-state index is 0.432. The number of pyridine rings is 1. The molecule has 0 saturated carbocycles. The Kier molecular flexibility index (Phi) is 4.51. The molecule has 0 saturated heterocycles. The third-order valence-corrected chi connectivity index (χ3v) is 4.01. The van der Waals surface area contributed by atoms with Crippen LogP contribution in [0.1, 0.15) is 18.3 Å². The second-order valence-electron chi connectivity index (χ2n) is 4.69. The van der Waals surface area contributed by atoms with Crippen molar-refractivity contribution in [3.8, 4) is 0 Å². The Hall–Kier alpha value is -0.740. The van der Waals surface area contributed by atoms with Crippen LogP contribution in [0.5, 0.6) is 0 Å². The monoisotopic (exact) mass is 283 g/mol. The van der Waals surface area contributed by atoms with E-state index in [4.69, 9.17) is 11.6 Å². The van der Waals surface area contributed by atoms with Gasteiger partial charge >= 0.3 is 0 Å². The van der Waals surface area contributed by atoms with E-state index in [1.165, 1.54) is 0 Å². The third kappa shape index (κ3) is 2.81. The highest BCUT2D eigenvalue weighted by molar-refractivity contribution is 7.98. The number of fused-ring (bicyclic) bond motifs is 1. The molecule has 0 radical (unpaired) electrons. The first-order valence-electron chi connectivity index (χ1n) is 6.02. The molecule has 0 fully saturated rings. The average Bonchev–Trinajstić information content (AvgIpc) is 2.66. The minimum absolute atomic E-state index is 0.432. The van der Waals surface area contributed by atoms with Gasteiger partial charge in [-0.25, -0.2) is 9.97 Å². The summed E-state index contributed by atoms with van der Waals surface area (Å²) in [5.74, 6) is 3.06. The first kappa shape index (κ1) is 13.7. The predicted molar refractivity (Wildman–Crippen MR) is 79.4 cm³/mol. The number of nitrogens with zero attached hydrogens (tertiary/aromatic N) is 3. The summed E-state index contributed by atoms with van der Waals surface area (Å²) in [6.45, 7) is 5.20. The zero-order valence-electron chi connectivity index (χ0n) is 11.0. The summed E-state index contributed by atoms with van der Waals surface area (Å²) >= 11 is 7.85. The molecule has 1 atom stereocenters. The van der Waals surface area contributed by atoms with Gasteiger partial charge in [-0.05, 0) is 36.5 Å². The summed E-state index contributed by atoms with van der Waals surface area (Å²) in [5, 5.41) is 0. The van der Waals surface area contributed by atoms with Gasteiger partial charge in [-0.2, -0.15) is 11.8 Å². The number of hydrogen-bond donors (Lipinski definition) is 0. The molecule has 2 heterocycles. The molecule has 0 N–H and O–H groups in total. The van der Waals surface area contributed by atoms with Gasteiger partial charge in [0.05, 0.1) is 5.88 Å². The smallest absolute Gasteiger partial charge is 0.160 e. The van der Waals surface area contributed by atoms with Crippen LogP contribution in [0.15, 0.2) is 12.3 Å². The lowest BCUT2D eigenvalue weighted by atomic mass is 10.2. The molecular weight excluding hydrogens is 266 g/mol. The molecule has 5 heteroatoms. The zero-order valence-corrected chi connectivity index (χ0v) is 12.6. The van der Waals surface area contributed by atoms with E-state index in [1.807, 2.05) is 24.9 Å². The van der Waals surface area contributed by atoms with Crippen LogP contribution in [0.25, 0.3) is 11.2 Å². The van der Waals surface area contributed by atoms with Crippen molar-refractivity contribution in [3.63, 3.8) is 0 Å². The molecule has 0 aliphatic carbocycles. The quantitative estimate of drug-likeness (QED) is 0.787. The Morgan fingerprint density at radius 3 is 2.94 bits per heavy atom.